The van der Waals surface area contributed by atoms with Gasteiger partial charge in [0.15, 0.2) is 5.75 Å². The Morgan fingerprint density at radius 3 is 2.67 bits per heavy atom. The van der Waals surface area contributed by atoms with Crippen LogP contribution in [0.4, 0.5) is 0 Å². The second kappa shape index (κ2) is 4.40. The van der Waals surface area contributed by atoms with E-state index in [0.29, 0.717) is 5.39 Å². The summed E-state index contributed by atoms with van der Waals surface area (Å²) in [6.07, 6.45) is 0. The Bertz CT molecular complexity index is 670. The highest BCUT2D eigenvalue weighted by Crippen LogP contribution is 2.33. The molecule has 6 heteroatoms. The van der Waals surface area contributed by atoms with Crippen LogP contribution in [0.25, 0.3) is 11.0 Å². The summed E-state index contributed by atoms with van der Waals surface area (Å²) in [4.78, 5) is 22.6. The van der Waals surface area contributed by atoms with Gasteiger partial charge in [-0.15, -0.1) is 0 Å². The van der Waals surface area contributed by atoms with Crippen molar-refractivity contribution in [2.24, 2.45) is 0 Å². The first-order chi connectivity index (χ1) is 8.52. The van der Waals surface area contributed by atoms with Crippen LogP contribution in [0.5, 0.6) is 17.2 Å². The minimum atomic E-state index is -0.847. The first-order valence-corrected chi connectivity index (χ1v) is 5.05. The van der Waals surface area contributed by atoms with Gasteiger partial charge in [0.1, 0.15) is 11.3 Å². The van der Waals surface area contributed by atoms with Crippen LogP contribution < -0.4 is 15.1 Å². The van der Waals surface area contributed by atoms with Crippen LogP contribution in [0.2, 0.25) is 0 Å². The van der Waals surface area contributed by atoms with Gasteiger partial charge >= 0.3 is 11.6 Å². The maximum Gasteiger partial charge on any atom is 0.383 e. The van der Waals surface area contributed by atoms with Crippen molar-refractivity contribution < 1.29 is 23.8 Å². The van der Waals surface area contributed by atoms with E-state index in [-0.39, 0.29) is 22.8 Å². The zero-order valence-corrected chi connectivity index (χ0v) is 9.72. The molecule has 0 aliphatic carbocycles. The maximum atomic E-state index is 11.7. The van der Waals surface area contributed by atoms with E-state index in [1.807, 2.05) is 0 Å². The third-order valence-electron chi connectivity index (χ3n) is 2.25. The first-order valence-electron chi connectivity index (χ1n) is 5.05. The van der Waals surface area contributed by atoms with Crippen molar-refractivity contribution in [2.45, 2.75) is 6.92 Å². The highest BCUT2D eigenvalue weighted by Gasteiger charge is 2.18. The van der Waals surface area contributed by atoms with Gasteiger partial charge in [0.2, 0.25) is 0 Å². The molecule has 1 aromatic heterocycles. The summed E-state index contributed by atoms with van der Waals surface area (Å²) in [5.41, 5.74) is -0.701. The van der Waals surface area contributed by atoms with E-state index >= 15 is 0 Å². The quantitative estimate of drug-likeness (QED) is 0.641. The molecule has 0 radical (unpaired) electrons. The SMILES string of the molecule is COc1c(OC(C)=O)c(=O)oc2cc(O)ccc12. The van der Waals surface area contributed by atoms with Gasteiger partial charge in [-0.2, -0.15) is 0 Å². The summed E-state index contributed by atoms with van der Waals surface area (Å²) in [7, 11) is 1.34. The summed E-state index contributed by atoms with van der Waals surface area (Å²) < 4.78 is 14.8. The predicted octanol–water partition coefficient (Wildman–Crippen LogP) is 1.43. The van der Waals surface area contributed by atoms with Crippen LogP contribution >= 0.6 is 0 Å². The normalized spacial score (nSPS) is 10.3. The molecule has 0 aliphatic heterocycles. The van der Waals surface area contributed by atoms with Gasteiger partial charge in [0, 0.05) is 13.0 Å². The Morgan fingerprint density at radius 2 is 2.06 bits per heavy atom. The lowest BCUT2D eigenvalue weighted by Crippen LogP contribution is -2.12. The van der Waals surface area contributed by atoms with Gasteiger partial charge in [0.05, 0.1) is 12.5 Å². The van der Waals surface area contributed by atoms with Crippen molar-refractivity contribution >= 4 is 16.9 Å². The zero-order chi connectivity index (χ0) is 13.3. The van der Waals surface area contributed by atoms with Gasteiger partial charge in [-0.3, -0.25) is 4.79 Å². The average Bonchev–Trinajstić information content (AvgIpc) is 2.29. The van der Waals surface area contributed by atoms with Crippen LogP contribution in [-0.4, -0.2) is 18.2 Å². The van der Waals surface area contributed by atoms with Crippen LogP contribution in [0.15, 0.2) is 27.4 Å². The number of hydrogen-bond acceptors (Lipinski definition) is 6. The van der Waals surface area contributed by atoms with Crippen molar-refractivity contribution in [1.82, 2.24) is 0 Å². The fourth-order valence-electron chi connectivity index (χ4n) is 1.58. The molecule has 0 amide bonds. The molecule has 0 spiro atoms. The Morgan fingerprint density at radius 1 is 1.33 bits per heavy atom. The summed E-state index contributed by atoms with van der Waals surface area (Å²) in [5.74, 6) is -0.911. The number of methoxy groups -OCH3 is 1. The van der Waals surface area contributed by atoms with E-state index in [4.69, 9.17) is 13.9 Å². The average molecular weight is 250 g/mol. The van der Waals surface area contributed by atoms with Crippen LogP contribution in [0.1, 0.15) is 6.92 Å². The van der Waals surface area contributed by atoms with E-state index in [0.717, 1.165) is 0 Å². The third-order valence-corrected chi connectivity index (χ3v) is 2.25. The van der Waals surface area contributed by atoms with E-state index < -0.39 is 11.6 Å². The fraction of sp³-hybridized carbons (Fsp3) is 0.167. The van der Waals surface area contributed by atoms with E-state index in [2.05, 4.69) is 0 Å². The number of esters is 1. The maximum absolute atomic E-state index is 11.7. The lowest BCUT2D eigenvalue weighted by Gasteiger charge is -2.09. The smallest absolute Gasteiger partial charge is 0.383 e. The summed E-state index contributed by atoms with van der Waals surface area (Å²) in [5, 5.41) is 9.73. The fourth-order valence-corrected chi connectivity index (χ4v) is 1.58. The number of phenolic OH excluding ortho intramolecular Hbond substituents is 1. The molecule has 1 heterocycles. The molecule has 2 aromatic rings. The van der Waals surface area contributed by atoms with E-state index in [9.17, 15) is 14.7 Å². The Kier molecular flexibility index (Phi) is 2.93. The van der Waals surface area contributed by atoms with Crippen molar-refractivity contribution in [3.05, 3.63) is 28.6 Å². The number of carbonyl (C=O) groups is 1. The molecule has 94 valence electrons. The molecule has 0 atom stereocenters. The molecule has 0 aliphatic rings. The van der Waals surface area contributed by atoms with Gasteiger partial charge in [-0.25, -0.2) is 4.79 Å². The summed E-state index contributed by atoms with van der Waals surface area (Å²) in [6, 6.07) is 4.18. The van der Waals surface area contributed by atoms with Crippen molar-refractivity contribution in [2.75, 3.05) is 7.11 Å². The molecule has 1 aromatic carbocycles. The molecule has 0 saturated carbocycles. The minimum Gasteiger partial charge on any atom is -0.508 e. The van der Waals surface area contributed by atoms with Gasteiger partial charge in [-0.05, 0) is 12.1 Å². The lowest BCUT2D eigenvalue weighted by molar-refractivity contribution is -0.132. The molecular formula is C12H10O6. The highest BCUT2D eigenvalue weighted by molar-refractivity contribution is 5.87. The molecular weight excluding hydrogens is 240 g/mol. The van der Waals surface area contributed by atoms with Crippen molar-refractivity contribution in [3.63, 3.8) is 0 Å². The van der Waals surface area contributed by atoms with Crippen LogP contribution in [0.3, 0.4) is 0 Å². The van der Waals surface area contributed by atoms with E-state index in [1.165, 1.54) is 32.2 Å². The number of phenols is 1. The van der Waals surface area contributed by atoms with E-state index in [1.54, 1.807) is 0 Å². The van der Waals surface area contributed by atoms with Gasteiger partial charge in [0.25, 0.3) is 5.75 Å². The predicted molar refractivity (Wildman–Crippen MR) is 62.0 cm³/mol. The standard InChI is InChI=1S/C12H10O6/c1-6(13)17-11-10(16-2)8-4-3-7(14)5-9(8)18-12(11)15/h3-5,14H,1-2H3. The molecule has 6 nitrogen and oxygen atoms in total. The highest BCUT2D eigenvalue weighted by atomic mass is 16.6. The number of hydrogen-bond donors (Lipinski definition) is 1. The molecule has 2 rings (SSSR count). The number of carbonyl (C=O) groups excluding carboxylic acids is 1. The Balaban J connectivity index is 2.79. The third kappa shape index (κ3) is 2.00. The summed E-state index contributed by atoms with van der Waals surface area (Å²) >= 11 is 0. The second-order valence-electron chi connectivity index (χ2n) is 3.53. The number of rotatable bonds is 2. The van der Waals surface area contributed by atoms with Crippen LogP contribution in [0, 0.1) is 0 Å². The topological polar surface area (TPSA) is 86.0 Å². The second-order valence-corrected chi connectivity index (χ2v) is 3.53. The molecule has 0 unspecified atom stereocenters. The van der Waals surface area contributed by atoms with Crippen molar-refractivity contribution in [1.29, 1.82) is 0 Å². The molecule has 18 heavy (non-hydrogen) atoms. The molecule has 1 N–H and O–H groups in total. The number of aromatic hydroxyl groups is 1. The van der Waals surface area contributed by atoms with Crippen molar-refractivity contribution in [3.8, 4) is 17.2 Å². The number of ether oxygens (including phenoxy) is 2. The molecule has 0 bridgehead atoms. The first kappa shape index (κ1) is 12.0. The largest absolute Gasteiger partial charge is 0.508 e. The molecule has 0 fully saturated rings. The minimum absolute atomic E-state index is 0.0482. The van der Waals surface area contributed by atoms with Gasteiger partial charge < -0.3 is 19.0 Å². The van der Waals surface area contributed by atoms with Crippen LogP contribution in [-0.2, 0) is 4.79 Å². The number of fused-ring (bicyclic) bond motifs is 1. The molecule has 0 saturated heterocycles. The monoisotopic (exact) mass is 250 g/mol. The Labute approximate surface area is 101 Å². The number of benzene rings is 1. The van der Waals surface area contributed by atoms with Gasteiger partial charge in [-0.1, -0.05) is 0 Å². The summed E-state index contributed by atoms with van der Waals surface area (Å²) in [6.45, 7) is 1.17. The zero-order valence-electron chi connectivity index (χ0n) is 9.72. The Hall–Kier alpha value is -2.50. The lowest BCUT2D eigenvalue weighted by atomic mass is 10.2.